The van der Waals surface area contributed by atoms with Gasteiger partial charge in [0.05, 0.1) is 25.9 Å². The average Bonchev–Trinajstić information content (AvgIpc) is 3.32. The highest BCUT2D eigenvalue weighted by Crippen LogP contribution is 2.35. The molecule has 1 heterocycles. The zero-order valence-electron chi connectivity index (χ0n) is 19.5. The van der Waals surface area contributed by atoms with Crippen LogP contribution in [0, 0.1) is 18.8 Å². The Kier molecular flexibility index (Phi) is 8.75. The van der Waals surface area contributed by atoms with Crippen molar-refractivity contribution in [1.29, 1.82) is 0 Å². The van der Waals surface area contributed by atoms with E-state index in [0.717, 1.165) is 72.4 Å². The first kappa shape index (κ1) is 24.5. The number of hydrogen-bond acceptors (Lipinski definition) is 6. The summed E-state index contributed by atoms with van der Waals surface area (Å²) in [6.07, 6.45) is 4.93. The standard InChI is InChI=1S/C27H31NO5S/c1-20-15-24(8-9-26(20)32-19-27(29)30)34-25-17-21(5-4-10-28-11-13-31-14-12-28)16-23(18-25)33-22-6-2-3-7-22/h8-9,15-18,22H,2-3,6-7,10-14,19H2,1H3,(H,29,30). The van der Waals surface area contributed by atoms with Crippen molar-refractivity contribution in [3.63, 3.8) is 0 Å². The summed E-state index contributed by atoms with van der Waals surface area (Å²) in [7, 11) is 0. The highest BCUT2D eigenvalue weighted by atomic mass is 32.2. The number of carbonyl (C=O) groups is 1. The lowest BCUT2D eigenvalue weighted by Crippen LogP contribution is -2.36. The molecule has 34 heavy (non-hydrogen) atoms. The highest BCUT2D eigenvalue weighted by Gasteiger charge is 2.17. The van der Waals surface area contributed by atoms with E-state index < -0.39 is 5.97 Å². The summed E-state index contributed by atoms with van der Waals surface area (Å²) in [6, 6.07) is 12.0. The predicted molar refractivity (Wildman–Crippen MR) is 132 cm³/mol. The maximum atomic E-state index is 10.8. The highest BCUT2D eigenvalue weighted by molar-refractivity contribution is 7.99. The molecule has 1 aliphatic heterocycles. The Labute approximate surface area is 205 Å². The minimum Gasteiger partial charge on any atom is -0.490 e. The molecule has 7 heteroatoms. The van der Waals surface area contributed by atoms with E-state index in [0.29, 0.717) is 5.75 Å². The Bertz CT molecular complexity index is 1050. The van der Waals surface area contributed by atoms with Crippen molar-refractivity contribution in [2.75, 3.05) is 39.5 Å². The zero-order valence-corrected chi connectivity index (χ0v) is 20.4. The Morgan fingerprint density at radius 3 is 2.68 bits per heavy atom. The van der Waals surface area contributed by atoms with Crippen LogP contribution >= 0.6 is 11.8 Å². The van der Waals surface area contributed by atoms with Gasteiger partial charge in [0.2, 0.25) is 0 Å². The van der Waals surface area contributed by atoms with Gasteiger partial charge in [-0.15, -0.1) is 0 Å². The second kappa shape index (κ2) is 12.2. The van der Waals surface area contributed by atoms with Crippen LogP contribution in [0.15, 0.2) is 46.2 Å². The molecule has 4 rings (SSSR count). The number of ether oxygens (including phenoxy) is 3. The van der Waals surface area contributed by atoms with Gasteiger partial charge in [0.25, 0.3) is 0 Å². The molecule has 0 unspecified atom stereocenters. The third-order valence-electron chi connectivity index (χ3n) is 5.86. The van der Waals surface area contributed by atoms with E-state index >= 15 is 0 Å². The summed E-state index contributed by atoms with van der Waals surface area (Å²) in [5.41, 5.74) is 1.85. The summed E-state index contributed by atoms with van der Waals surface area (Å²) < 4.78 is 17.1. The maximum Gasteiger partial charge on any atom is 0.341 e. The van der Waals surface area contributed by atoms with E-state index in [9.17, 15) is 4.79 Å². The molecule has 2 aromatic rings. The summed E-state index contributed by atoms with van der Waals surface area (Å²) >= 11 is 1.64. The van der Waals surface area contributed by atoms with Gasteiger partial charge in [0.15, 0.2) is 6.61 Å². The molecule has 0 radical (unpaired) electrons. The summed E-state index contributed by atoms with van der Waals surface area (Å²) in [4.78, 5) is 15.2. The number of carboxylic acid groups (broad SMARTS) is 1. The predicted octanol–water partition coefficient (Wildman–Crippen LogP) is 4.61. The molecule has 1 saturated carbocycles. The molecule has 0 amide bonds. The number of aryl methyl sites for hydroxylation is 1. The average molecular weight is 482 g/mol. The molecule has 0 bridgehead atoms. The monoisotopic (exact) mass is 481 g/mol. The number of benzene rings is 2. The van der Waals surface area contributed by atoms with E-state index in [1.54, 1.807) is 11.8 Å². The van der Waals surface area contributed by atoms with E-state index in [-0.39, 0.29) is 12.7 Å². The number of rotatable bonds is 8. The van der Waals surface area contributed by atoms with Gasteiger partial charge in [-0.1, -0.05) is 23.6 Å². The first-order valence-electron chi connectivity index (χ1n) is 11.8. The van der Waals surface area contributed by atoms with Crippen molar-refractivity contribution in [3.8, 4) is 23.3 Å². The van der Waals surface area contributed by atoms with Gasteiger partial charge in [0.1, 0.15) is 11.5 Å². The Morgan fingerprint density at radius 1 is 1.15 bits per heavy atom. The van der Waals surface area contributed by atoms with Crippen LogP contribution in [-0.4, -0.2) is 61.5 Å². The molecule has 2 aliphatic rings. The van der Waals surface area contributed by atoms with Gasteiger partial charge < -0.3 is 19.3 Å². The third kappa shape index (κ3) is 7.42. The smallest absolute Gasteiger partial charge is 0.341 e. The van der Waals surface area contributed by atoms with E-state index in [1.807, 2.05) is 31.2 Å². The van der Waals surface area contributed by atoms with Gasteiger partial charge in [-0.05, 0) is 74.6 Å². The van der Waals surface area contributed by atoms with Crippen LogP contribution in [-0.2, 0) is 9.53 Å². The molecule has 0 spiro atoms. The third-order valence-corrected chi connectivity index (χ3v) is 6.82. The SMILES string of the molecule is Cc1cc(Sc2cc(C#CCN3CCOCC3)cc(OC3CCCC3)c2)ccc1OCC(=O)O. The van der Waals surface area contributed by atoms with Crippen LogP contribution in [0.25, 0.3) is 0 Å². The van der Waals surface area contributed by atoms with Crippen molar-refractivity contribution in [1.82, 2.24) is 4.90 Å². The molecule has 6 nitrogen and oxygen atoms in total. The van der Waals surface area contributed by atoms with E-state index in [4.69, 9.17) is 19.3 Å². The molecule has 2 fully saturated rings. The fourth-order valence-electron chi connectivity index (χ4n) is 4.11. The number of hydrogen-bond donors (Lipinski definition) is 1. The molecule has 0 aromatic heterocycles. The fourth-order valence-corrected chi connectivity index (χ4v) is 5.11. The van der Waals surface area contributed by atoms with Crippen LogP contribution in [0.4, 0.5) is 0 Å². The number of morpholine rings is 1. The van der Waals surface area contributed by atoms with E-state index in [2.05, 4.69) is 28.9 Å². The fraction of sp³-hybridized carbons (Fsp3) is 0.444. The van der Waals surface area contributed by atoms with E-state index in [1.165, 1.54) is 12.8 Å². The first-order valence-corrected chi connectivity index (χ1v) is 12.6. The lowest BCUT2D eigenvalue weighted by Gasteiger charge is -2.24. The van der Waals surface area contributed by atoms with Crippen LogP contribution in [0.2, 0.25) is 0 Å². The number of aliphatic carboxylic acids is 1. The lowest BCUT2D eigenvalue weighted by atomic mass is 10.2. The first-order chi connectivity index (χ1) is 16.5. The normalized spacial score (nSPS) is 16.6. The van der Waals surface area contributed by atoms with Gasteiger partial charge in [-0.3, -0.25) is 4.90 Å². The Balaban J connectivity index is 1.50. The molecule has 0 atom stereocenters. The van der Waals surface area contributed by atoms with Gasteiger partial charge in [0, 0.05) is 28.4 Å². The van der Waals surface area contributed by atoms with Crippen LogP contribution in [0.5, 0.6) is 11.5 Å². The van der Waals surface area contributed by atoms with Crippen LogP contribution in [0.1, 0.15) is 36.8 Å². The van der Waals surface area contributed by atoms with Crippen LogP contribution < -0.4 is 9.47 Å². The second-order valence-corrected chi connectivity index (χ2v) is 9.77. The molecule has 2 aromatic carbocycles. The minimum absolute atomic E-state index is 0.280. The second-order valence-electron chi connectivity index (χ2n) is 8.62. The lowest BCUT2D eigenvalue weighted by molar-refractivity contribution is -0.139. The van der Waals surface area contributed by atoms with Crippen molar-refractivity contribution < 1.29 is 24.1 Å². The molecule has 1 N–H and O–H groups in total. The molecular formula is C27H31NO5S. The van der Waals surface area contributed by atoms with Gasteiger partial charge in [-0.25, -0.2) is 4.79 Å². The summed E-state index contributed by atoms with van der Waals surface area (Å²) in [5, 5.41) is 8.84. The van der Waals surface area contributed by atoms with Crippen LogP contribution in [0.3, 0.4) is 0 Å². The van der Waals surface area contributed by atoms with Crippen molar-refractivity contribution >= 4 is 17.7 Å². The topological polar surface area (TPSA) is 68.2 Å². The van der Waals surface area contributed by atoms with Crippen molar-refractivity contribution in [2.45, 2.75) is 48.5 Å². The Hall–Kier alpha value is -2.66. The largest absolute Gasteiger partial charge is 0.490 e. The molecular weight excluding hydrogens is 450 g/mol. The maximum absolute atomic E-state index is 10.8. The van der Waals surface area contributed by atoms with Gasteiger partial charge in [-0.2, -0.15) is 0 Å². The number of carboxylic acids is 1. The van der Waals surface area contributed by atoms with Gasteiger partial charge >= 0.3 is 5.97 Å². The summed E-state index contributed by atoms with van der Waals surface area (Å²) in [6.45, 7) is 5.69. The van der Waals surface area contributed by atoms with Crippen molar-refractivity contribution in [2.24, 2.45) is 0 Å². The minimum atomic E-state index is -0.987. The Morgan fingerprint density at radius 2 is 1.94 bits per heavy atom. The molecule has 1 aliphatic carbocycles. The molecule has 1 saturated heterocycles. The summed E-state index contributed by atoms with van der Waals surface area (Å²) in [5.74, 6) is 7.11. The van der Waals surface area contributed by atoms with Crippen molar-refractivity contribution in [3.05, 3.63) is 47.5 Å². The molecule has 180 valence electrons. The zero-order chi connectivity index (χ0) is 23.8. The quantitative estimate of drug-likeness (QED) is 0.552. The number of nitrogens with zero attached hydrogens (tertiary/aromatic N) is 1.